The first kappa shape index (κ1) is 31.4. The van der Waals surface area contributed by atoms with E-state index in [0.29, 0.717) is 27.7 Å². The Bertz CT molecular complexity index is 1210. The van der Waals surface area contributed by atoms with Crippen LogP contribution in [-0.2, 0) is 19.2 Å². The first-order chi connectivity index (χ1) is 18.5. The summed E-state index contributed by atoms with van der Waals surface area (Å²) in [5.41, 5.74) is 6.99. The van der Waals surface area contributed by atoms with Crippen molar-refractivity contribution in [2.45, 2.75) is 29.4 Å². The van der Waals surface area contributed by atoms with Gasteiger partial charge in [0.1, 0.15) is 40.5 Å². The number of nitrogens with zero attached hydrogens (tertiary/aromatic N) is 3. The van der Waals surface area contributed by atoms with Gasteiger partial charge in [0.15, 0.2) is 0 Å². The zero-order chi connectivity index (χ0) is 29.1. The summed E-state index contributed by atoms with van der Waals surface area (Å²) >= 11 is 2.70. The molecule has 1 saturated heterocycles. The van der Waals surface area contributed by atoms with E-state index in [9.17, 15) is 24.6 Å². The smallest absolute Gasteiger partial charge is 0.352 e. The minimum absolute atomic E-state index is 0.0466. The molecule has 3 heterocycles. The van der Waals surface area contributed by atoms with Gasteiger partial charge in [-0.1, -0.05) is 30.0 Å². The number of benzene rings is 1. The monoisotopic (exact) mass is 580 g/mol. The Hall–Kier alpha value is -3.86. The molecule has 2 aliphatic heterocycles. The predicted molar refractivity (Wildman–Crippen MR) is 142 cm³/mol. The number of nitrogens with two attached hydrogens (primary N) is 1. The van der Waals surface area contributed by atoms with Crippen LogP contribution in [0.5, 0.6) is 5.75 Å². The van der Waals surface area contributed by atoms with E-state index < -0.39 is 47.8 Å². The molecule has 0 radical (unpaired) electrons. The predicted octanol–water partition coefficient (Wildman–Crippen LogP) is 0.297. The Morgan fingerprint density at radius 3 is 2.46 bits per heavy atom. The fraction of sp³-hybridized carbons (Fsp3) is 0.304. The molecule has 1 aromatic carbocycles. The molecule has 0 spiro atoms. The Labute approximate surface area is 231 Å². The van der Waals surface area contributed by atoms with E-state index in [2.05, 4.69) is 27.3 Å². The third-order valence-corrected chi connectivity index (χ3v) is 7.33. The summed E-state index contributed by atoms with van der Waals surface area (Å²) < 4.78 is 0. The number of aromatic amines is 1. The van der Waals surface area contributed by atoms with Crippen LogP contribution >= 0.6 is 23.5 Å². The average Bonchev–Trinajstić information content (AvgIpc) is 3.44. The van der Waals surface area contributed by atoms with Crippen LogP contribution in [0.25, 0.3) is 0 Å². The van der Waals surface area contributed by atoms with Gasteiger partial charge in [0.05, 0.1) is 6.20 Å². The van der Waals surface area contributed by atoms with Gasteiger partial charge in [-0.15, -0.1) is 23.4 Å². The number of allylic oxidation sites excluding steroid dienone is 1. The van der Waals surface area contributed by atoms with E-state index in [1.54, 1.807) is 6.08 Å². The van der Waals surface area contributed by atoms with E-state index in [4.69, 9.17) is 20.7 Å². The number of thioether (sulfide) groups is 2. The first-order valence-corrected chi connectivity index (χ1v) is 13.2. The highest BCUT2D eigenvalue weighted by Crippen LogP contribution is 2.41. The number of hydrogen-bond acceptors (Lipinski definition) is 11. The van der Waals surface area contributed by atoms with Gasteiger partial charge in [-0.2, -0.15) is 10.3 Å². The number of aliphatic carboxylic acids is 2. The Morgan fingerprint density at radius 2 is 1.95 bits per heavy atom. The number of carboxylic acid groups (broad SMARTS) is 2. The molecule has 8 N–H and O–H groups in total. The molecule has 0 bridgehead atoms. The molecule has 2 amide bonds. The van der Waals surface area contributed by atoms with E-state index in [0.717, 1.165) is 0 Å². The second kappa shape index (κ2) is 14.9. The van der Waals surface area contributed by atoms with Crippen LogP contribution in [0.15, 0.2) is 59.4 Å². The topological polar surface area (TPSA) is 232 Å². The normalized spacial score (nSPS) is 18.2. The van der Waals surface area contributed by atoms with Gasteiger partial charge in [0, 0.05) is 11.5 Å². The summed E-state index contributed by atoms with van der Waals surface area (Å²) in [6.07, 6.45) is 3.28. The highest BCUT2D eigenvalue weighted by molar-refractivity contribution is 8.01. The number of β-lactam (4-membered cyclic amide) rings is 1. The molecule has 2 aromatic rings. The zero-order valence-electron chi connectivity index (χ0n) is 20.7. The van der Waals surface area contributed by atoms with Gasteiger partial charge in [0.25, 0.3) is 5.91 Å². The Balaban J connectivity index is 0.000000590. The number of rotatable bonds is 8. The number of hydrogen-bond donors (Lipinski definition) is 7. The van der Waals surface area contributed by atoms with E-state index in [-0.39, 0.29) is 11.4 Å². The second-order valence-electron chi connectivity index (χ2n) is 7.78. The number of phenolic OH excluding ortho intramolecular Hbond substituents is 1. The number of carboxylic acids is 2. The van der Waals surface area contributed by atoms with Crippen LogP contribution in [-0.4, -0.2) is 94.0 Å². The molecule has 39 heavy (non-hydrogen) atoms. The fourth-order valence-electron chi connectivity index (χ4n) is 3.29. The molecule has 16 heteroatoms. The summed E-state index contributed by atoms with van der Waals surface area (Å²) in [4.78, 5) is 47.5. The summed E-state index contributed by atoms with van der Waals surface area (Å²) in [6, 6.07) is 3.98. The SMILES string of the molecule is C=CC.NC(C(=O)NC1C(=O)N2C(C(=O)O)=C(CSc3cn[nH]n3)CS[C@H]12)c1ccc(O)cc1.O=C(O)CO. The van der Waals surface area contributed by atoms with E-state index in [1.807, 2.05) is 6.92 Å². The number of aliphatic hydroxyl groups is 1. The van der Waals surface area contributed by atoms with E-state index >= 15 is 0 Å². The molecule has 210 valence electrons. The van der Waals surface area contributed by atoms with E-state index in [1.165, 1.54) is 58.9 Å². The molecule has 1 fully saturated rings. The summed E-state index contributed by atoms with van der Waals surface area (Å²) in [7, 11) is 0. The van der Waals surface area contributed by atoms with Gasteiger partial charge >= 0.3 is 11.9 Å². The van der Waals surface area contributed by atoms with Crippen molar-refractivity contribution >= 4 is 47.3 Å². The number of fused-ring (bicyclic) bond motifs is 1. The number of nitrogens with one attached hydrogen (secondary N) is 2. The third kappa shape index (κ3) is 8.31. The van der Waals surface area contributed by atoms with Gasteiger partial charge in [0.2, 0.25) is 5.91 Å². The molecular formula is C23H28N6O8S2. The lowest BCUT2D eigenvalue weighted by atomic mass is 10.0. The molecule has 2 aliphatic rings. The van der Waals surface area contributed by atoms with Crippen molar-refractivity contribution in [1.29, 1.82) is 0 Å². The van der Waals surface area contributed by atoms with Gasteiger partial charge in [-0.25, -0.2) is 9.59 Å². The number of carbonyl (C=O) groups is 4. The van der Waals surface area contributed by atoms with Crippen LogP contribution in [0.4, 0.5) is 0 Å². The van der Waals surface area contributed by atoms with Crippen molar-refractivity contribution in [3.05, 3.63) is 60.0 Å². The van der Waals surface area contributed by atoms with Crippen LogP contribution in [0.3, 0.4) is 0 Å². The zero-order valence-corrected chi connectivity index (χ0v) is 22.3. The number of aromatic hydroxyl groups is 1. The molecule has 0 aliphatic carbocycles. The number of phenols is 1. The average molecular weight is 581 g/mol. The van der Waals surface area contributed by atoms with Crippen molar-refractivity contribution in [3.8, 4) is 5.75 Å². The summed E-state index contributed by atoms with van der Waals surface area (Å²) in [5, 5.41) is 46.9. The number of aromatic nitrogens is 3. The molecule has 2 unspecified atom stereocenters. The van der Waals surface area contributed by atoms with Gasteiger partial charge in [-0.05, 0) is 30.2 Å². The molecule has 1 aromatic heterocycles. The number of carbonyl (C=O) groups excluding carboxylic acids is 2. The minimum Gasteiger partial charge on any atom is -0.508 e. The van der Waals surface area contributed by atoms with Crippen molar-refractivity contribution in [2.75, 3.05) is 18.1 Å². The standard InChI is InChI=1S/C18H18N6O5S2.C3H6.C2H4O3/c19-12(8-1-3-10(25)4-2-8)15(26)21-13-16(27)24-14(18(28)29)9(7-31-17(13)24)6-30-11-5-20-23-22-11;1-3-2;3-1-2(4)5/h1-5,12-13,17,25H,6-7,19H2,(H,21,26)(H,28,29)(H,20,22,23);3H,1H2,2H3;3H,1H2,(H,4,5)/t12?,13?,17-;;/m1../s1. The molecule has 4 rings (SSSR count). The van der Waals surface area contributed by atoms with Gasteiger partial charge in [-0.3, -0.25) is 14.5 Å². The summed E-state index contributed by atoms with van der Waals surface area (Å²) in [5.74, 6) is -2.64. The first-order valence-electron chi connectivity index (χ1n) is 11.2. The Kier molecular flexibility index (Phi) is 12.0. The number of H-pyrrole nitrogens is 1. The largest absolute Gasteiger partial charge is 0.508 e. The number of amides is 2. The highest BCUT2D eigenvalue weighted by Gasteiger charge is 2.54. The molecule has 0 saturated carbocycles. The lowest BCUT2D eigenvalue weighted by Crippen LogP contribution is -2.71. The van der Waals surface area contributed by atoms with Crippen molar-refractivity contribution in [1.82, 2.24) is 25.6 Å². The van der Waals surface area contributed by atoms with Crippen molar-refractivity contribution < 1.29 is 39.6 Å². The Morgan fingerprint density at radius 1 is 1.33 bits per heavy atom. The van der Waals surface area contributed by atoms with Crippen LogP contribution in [0.2, 0.25) is 0 Å². The molecule has 14 nitrogen and oxygen atoms in total. The lowest BCUT2D eigenvalue weighted by Gasteiger charge is -2.49. The van der Waals surface area contributed by atoms with Crippen molar-refractivity contribution in [3.63, 3.8) is 0 Å². The highest BCUT2D eigenvalue weighted by atomic mass is 32.2. The maximum atomic E-state index is 12.7. The van der Waals surface area contributed by atoms with Crippen molar-refractivity contribution in [2.24, 2.45) is 5.73 Å². The molecule has 3 atom stereocenters. The fourth-order valence-corrected chi connectivity index (χ4v) is 5.56. The van der Waals surface area contributed by atoms with Gasteiger partial charge < -0.3 is 31.5 Å². The lowest BCUT2D eigenvalue weighted by molar-refractivity contribution is -0.150. The van der Waals surface area contributed by atoms with Crippen LogP contribution in [0, 0.1) is 0 Å². The minimum atomic E-state index is -1.19. The second-order valence-corrected chi connectivity index (χ2v) is 9.88. The third-order valence-electron chi connectivity index (χ3n) is 5.00. The van der Waals surface area contributed by atoms with Crippen LogP contribution in [0.1, 0.15) is 18.5 Å². The number of aliphatic hydroxyl groups excluding tert-OH is 1. The quantitative estimate of drug-likeness (QED) is 0.127. The maximum Gasteiger partial charge on any atom is 0.352 e. The molecular weight excluding hydrogens is 552 g/mol. The maximum absolute atomic E-state index is 12.7. The van der Waals surface area contributed by atoms with Crippen LogP contribution < -0.4 is 11.1 Å². The summed E-state index contributed by atoms with van der Waals surface area (Å²) in [6.45, 7) is 4.47.